The third-order valence-corrected chi connectivity index (χ3v) is 10.9. The Kier molecular flexibility index (Phi) is 38.1. The Morgan fingerprint density at radius 2 is 0.836 bits per heavy atom. The van der Waals surface area contributed by atoms with Crippen molar-refractivity contribution in [3.05, 3.63) is 53.6 Å². The van der Waals surface area contributed by atoms with E-state index < -0.39 is 32.5 Å². The molecule has 0 saturated heterocycles. The van der Waals surface area contributed by atoms with Gasteiger partial charge in [0.25, 0.3) is 0 Å². The largest absolute Gasteiger partial charge is 1.00 e. The number of unbranched alkanes of at least 4 members (excludes halogenated alkanes) is 26. The van der Waals surface area contributed by atoms with E-state index in [2.05, 4.69) is 38.2 Å². The molecule has 1 aromatic carbocycles. The molecule has 0 fully saturated rings. The van der Waals surface area contributed by atoms with Crippen LogP contribution in [0.5, 0.6) is 0 Å². The second kappa shape index (κ2) is 38.7. The molecule has 0 bridgehead atoms. The van der Waals surface area contributed by atoms with Gasteiger partial charge in [0, 0.05) is 0 Å². The molecule has 1 rings (SSSR count). The standard InChI is InChI=1S/C46H78O7S.K/c1-3-5-7-9-11-13-15-17-19-21-23-25-27-29-31-33-35-40-52-45(47)42-38-37-39-43(54(49,50)51)44(42)46(48)53-41-36-34-32-30-28-26-24-22-20-18-16-14-12-10-8-6-4-2;/h17-20,37-39H,3-16,21-36,40-41H2,1-2H3,(H,49,50,51);/q;+1/p-1/b19-17+,20-18+;. The van der Waals surface area contributed by atoms with Crippen molar-refractivity contribution >= 4 is 22.1 Å². The van der Waals surface area contributed by atoms with Gasteiger partial charge in [0.05, 0.1) is 29.2 Å². The molecule has 0 radical (unpaired) electrons. The Bertz CT molecular complexity index is 1240. The molecule has 0 aromatic heterocycles. The molecule has 0 amide bonds. The number of carbonyl (C=O) groups is 2. The first-order valence-corrected chi connectivity index (χ1v) is 23.5. The van der Waals surface area contributed by atoms with Gasteiger partial charge in [0.15, 0.2) is 0 Å². The maximum absolute atomic E-state index is 13.0. The van der Waals surface area contributed by atoms with Crippen molar-refractivity contribution in [3.63, 3.8) is 0 Å². The third-order valence-electron chi connectivity index (χ3n) is 10.00. The predicted octanol–water partition coefficient (Wildman–Crippen LogP) is 10.8. The van der Waals surface area contributed by atoms with Crippen LogP contribution in [-0.4, -0.2) is 38.1 Å². The van der Waals surface area contributed by atoms with Crippen molar-refractivity contribution in [2.24, 2.45) is 0 Å². The van der Waals surface area contributed by atoms with Crippen LogP contribution in [0.2, 0.25) is 0 Å². The van der Waals surface area contributed by atoms with Crippen molar-refractivity contribution in [2.75, 3.05) is 13.2 Å². The number of ether oxygens (including phenoxy) is 2. The molecule has 0 aliphatic heterocycles. The number of rotatable bonds is 37. The fraction of sp³-hybridized carbons (Fsp3) is 0.739. The van der Waals surface area contributed by atoms with Gasteiger partial charge < -0.3 is 14.0 Å². The van der Waals surface area contributed by atoms with E-state index in [-0.39, 0.29) is 70.2 Å². The summed E-state index contributed by atoms with van der Waals surface area (Å²) in [5, 5.41) is 0. The summed E-state index contributed by atoms with van der Waals surface area (Å²) in [5.41, 5.74) is -0.786. The van der Waals surface area contributed by atoms with Crippen LogP contribution in [-0.2, 0) is 19.6 Å². The zero-order valence-corrected chi connectivity index (χ0v) is 39.4. The smallest absolute Gasteiger partial charge is 0.744 e. The Hall–Kier alpha value is -0.814. The van der Waals surface area contributed by atoms with Crippen LogP contribution in [0.15, 0.2) is 47.4 Å². The van der Waals surface area contributed by atoms with E-state index in [9.17, 15) is 22.6 Å². The summed E-state index contributed by atoms with van der Waals surface area (Å²) in [6, 6.07) is 3.62. The Labute approximate surface area is 380 Å². The van der Waals surface area contributed by atoms with Crippen LogP contribution >= 0.6 is 0 Å². The minimum absolute atomic E-state index is 0. The number of carbonyl (C=O) groups excluding carboxylic acids is 2. The molecular formula is C46H77KO7S. The van der Waals surface area contributed by atoms with E-state index in [1.54, 1.807) is 0 Å². The van der Waals surface area contributed by atoms with Crippen molar-refractivity contribution in [1.82, 2.24) is 0 Å². The zero-order valence-electron chi connectivity index (χ0n) is 35.4. The van der Waals surface area contributed by atoms with E-state index in [1.807, 2.05) is 0 Å². The van der Waals surface area contributed by atoms with Crippen molar-refractivity contribution in [3.8, 4) is 0 Å². The van der Waals surface area contributed by atoms with Crippen LogP contribution in [0.3, 0.4) is 0 Å². The molecule has 55 heavy (non-hydrogen) atoms. The average molecular weight is 813 g/mol. The average Bonchev–Trinajstić information content (AvgIpc) is 3.16. The third kappa shape index (κ3) is 30.9. The van der Waals surface area contributed by atoms with E-state index in [1.165, 1.54) is 141 Å². The van der Waals surface area contributed by atoms with Gasteiger partial charge in [-0.1, -0.05) is 173 Å². The molecule has 0 aliphatic rings. The molecule has 0 unspecified atom stereocenters. The van der Waals surface area contributed by atoms with E-state index in [0.717, 1.165) is 57.4 Å². The molecular weight excluding hydrogens is 736 g/mol. The van der Waals surface area contributed by atoms with Crippen molar-refractivity contribution < 1.29 is 83.4 Å². The van der Waals surface area contributed by atoms with E-state index in [4.69, 9.17) is 9.47 Å². The first-order valence-electron chi connectivity index (χ1n) is 22.1. The first kappa shape index (κ1) is 54.2. The van der Waals surface area contributed by atoms with Crippen LogP contribution in [0, 0.1) is 0 Å². The molecule has 9 heteroatoms. The summed E-state index contributed by atoms with van der Waals surface area (Å²) in [7, 11) is -5.02. The second-order valence-corrected chi connectivity index (χ2v) is 16.3. The molecule has 0 N–H and O–H groups in total. The van der Waals surface area contributed by atoms with Gasteiger partial charge in [0.2, 0.25) is 0 Å². The molecule has 0 spiro atoms. The van der Waals surface area contributed by atoms with E-state index >= 15 is 0 Å². The molecule has 310 valence electrons. The van der Waals surface area contributed by atoms with E-state index in [0.29, 0.717) is 12.8 Å². The molecule has 1 aromatic rings. The molecule has 0 atom stereocenters. The van der Waals surface area contributed by atoms with Crippen LogP contribution in [0.25, 0.3) is 0 Å². The summed E-state index contributed by atoms with van der Waals surface area (Å²) in [6.45, 7) is 4.74. The van der Waals surface area contributed by atoms with Crippen LogP contribution < -0.4 is 51.4 Å². The SMILES string of the molecule is CCCCCCCC/C=C/CCCCCCCCCOC(=O)c1cccc(S(=O)(=O)[O-])c1C(=O)OCCCCCCCCC/C=C/CCCCCCCC.[K+]. The summed E-state index contributed by atoms with van der Waals surface area (Å²) in [4.78, 5) is 25.2. The zero-order chi connectivity index (χ0) is 39.4. The Morgan fingerprint density at radius 1 is 0.509 bits per heavy atom. The maximum atomic E-state index is 13.0. The van der Waals surface area contributed by atoms with Gasteiger partial charge in [-0.15, -0.1) is 0 Å². The Morgan fingerprint density at radius 3 is 1.20 bits per heavy atom. The maximum Gasteiger partial charge on any atom is 1.00 e. The van der Waals surface area contributed by atoms with Gasteiger partial charge in [-0.2, -0.15) is 0 Å². The van der Waals surface area contributed by atoms with Crippen molar-refractivity contribution in [2.45, 2.75) is 211 Å². The van der Waals surface area contributed by atoms with Crippen LogP contribution in [0.4, 0.5) is 0 Å². The van der Waals surface area contributed by atoms with Gasteiger partial charge in [-0.05, 0) is 76.3 Å². The minimum Gasteiger partial charge on any atom is -0.744 e. The number of hydrogen-bond acceptors (Lipinski definition) is 7. The molecule has 7 nitrogen and oxygen atoms in total. The number of esters is 2. The summed E-state index contributed by atoms with van der Waals surface area (Å²) in [6.07, 6.45) is 44.6. The quantitative estimate of drug-likeness (QED) is 0.0216. The number of allylic oxidation sites excluding steroid dienone is 4. The summed E-state index contributed by atoms with van der Waals surface area (Å²) in [5.74, 6) is -1.82. The first-order chi connectivity index (χ1) is 26.3. The summed E-state index contributed by atoms with van der Waals surface area (Å²) >= 11 is 0. The fourth-order valence-electron chi connectivity index (χ4n) is 6.65. The Balaban J connectivity index is 0.0000292. The number of hydrogen-bond donors (Lipinski definition) is 0. The second-order valence-electron chi connectivity index (χ2n) is 15.0. The van der Waals surface area contributed by atoms with Gasteiger partial charge in [0.1, 0.15) is 10.1 Å². The van der Waals surface area contributed by atoms with Gasteiger partial charge >= 0.3 is 63.3 Å². The molecule has 0 aliphatic carbocycles. The van der Waals surface area contributed by atoms with Crippen LogP contribution in [0.1, 0.15) is 227 Å². The molecule has 0 saturated carbocycles. The summed E-state index contributed by atoms with van der Waals surface area (Å²) < 4.78 is 46.7. The predicted molar refractivity (Wildman–Crippen MR) is 223 cm³/mol. The monoisotopic (exact) mass is 813 g/mol. The topological polar surface area (TPSA) is 110 Å². The van der Waals surface area contributed by atoms with Gasteiger partial charge in [-0.25, -0.2) is 18.0 Å². The van der Waals surface area contributed by atoms with Crippen molar-refractivity contribution in [1.29, 1.82) is 0 Å². The van der Waals surface area contributed by atoms with Gasteiger partial charge in [-0.3, -0.25) is 0 Å². The number of benzene rings is 1. The minimum atomic E-state index is -5.02. The molecule has 0 heterocycles. The fourth-order valence-corrected chi connectivity index (χ4v) is 7.34. The normalized spacial score (nSPS) is 11.7.